The molecule has 1 aliphatic carbocycles. The predicted molar refractivity (Wildman–Crippen MR) is 127 cm³/mol. The Labute approximate surface area is 193 Å². The molecule has 0 spiro atoms. The first-order chi connectivity index (χ1) is 15.5. The molecule has 1 fully saturated rings. The number of sulfonamides is 1. The summed E-state index contributed by atoms with van der Waals surface area (Å²) < 4.78 is 34.9. The average Bonchev–Trinajstić information content (AvgIpc) is 3.28. The van der Waals surface area contributed by atoms with Crippen LogP contribution in [0.15, 0.2) is 47.6 Å². The van der Waals surface area contributed by atoms with Crippen molar-refractivity contribution in [1.29, 1.82) is 0 Å². The normalized spacial score (nSPS) is 20.0. The smallest absolute Gasteiger partial charge is 0.261 e. The van der Waals surface area contributed by atoms with Crippen LogP contribution < -0.4 is 20.5 Å². The van der Waals surface area contributed by atoms with Gasteiger partial charge < -0.3 is 15.8 Å². The Hall–Kier alpha value is -3.27. The molecule has 176 valence electrons. The second-order valence-corrected chi connectivity index (χ2v) is 10.8. The fraction of sp³-hybridized carbons (Fsp3) is 0.391. The maximum Gasteiger partial charge on any atom is 0.261 e. The molecule has 1 saturated carbocycles. The number of nitrogens with one attached hydrogen (secondary N) is 2. The van der Waals surface area contributed by atoms with Crippen LogP contribution in [0.5, 0.6) is 5.75 Å². The molecule has 2 atom stereocenters. The van der Waals surface area contributed by atoms with Crippen molar-refractivity contribution in [2.75, 3.05) is 17.1 Å². The van der Waals surface area contributed by atoms with Crippen molar-refractivity contribution in [3.05, 3.63) is 48.3 Å². The number of benzene rings is 1. The third-order valence-corrected chi connectivity index (χ3v) is 8.30. The second-order valence-electron chi connectivity index (χ2n) is 9.13. The van der Waals surface area contributed by atoms with Crippen LogP contribution in [-0.4, -0.2) is 37.1 Å². The number of hydrogen-bond acceptors (Lipinski definition) is 6. The lowest BCUT2D eigenvalue weighted by Gasteiger charge is -2.33. The van der Waals surface area contributed by atoms with Crippen molar-refractivity contribution in [2.45, 2.75) is 44.6 Å². The molecule has 0 bridgehead atoms. The van der Waals surface area contributed by atoms with Gasteiger partial charge in [0.1, 0.15) is 5.75 Å². The summed E-state index contributed by atoms with van der Waals surface area (Å²) in [5.74, 6) is 0.480. The largest absolute Gasteiger partial charge is 0.497 e. The summed E-state index contributed by atoms with van der Waals surface area (Å²) in [6, 6.07) is 7.88. The number of amides is 1. The number of hydrogen-bond donors (Lipinski definition) is 3. The Morgan fingerprint density at radius 1 is 1.24 bits per heavy atom. The number of carbonyl (C=O) groups is 1. The van der Waals surface area contributed by atoms with Gasteiger partial charge in [-0.15, -0.1) is 0 Å². The van der Waals surface area contributed by atoms with E-state index in [0.29, 0.717) is 28.6 Å². The van der Waals surface area contributed by atoms with Crippen molar-refractivity contribution in [3.8, 4) is 5.75 Å². The molecule has 0 saturated heterocycles. The van der Waals surface area contributed by atoms with Crippen molar-refractivity contribution in [3.63, 3.8) is 0 Å². The molecular weight excluding hydrogens is 442 g/mol. The zero-order chi connectivity index (χ0) is 24.0. The minimum absolute atomic E-state index is 0.0144. The third-order valence-electron chi connectivity index (χ3n) is 6.90. The summed E-state index contributed by atoms with van der Waals surface area (Å²) in [6.07, 6.45) is 5.00. The fourth-order valence-corrected chi connectivity index (χ4v) is 5.39. The van der Waals surface area contributed by atoms with Gasteiger partial charge in [0.2, 0.25) is 0 Å². The first kappa shape index (κ1) is 22.9. The van der Waals surface area contributed by atoms with Gasteiger partial charge in [0.25, 0.3) is 15.9 Å². The SMILES string of the molecule is COc1ccc(S(=O)(=O)Nc2cc3c(NC4CCC(C)C4(C)C)c(C(N)=O)cnn3c2)cc1. The number of carbonyl (C=O) groups excluding carboxylic acids is 1. The molecule has 0 aliphatic heterocycles. The van der Waals surface area contributed by atoms with Gasteiger partial charge in [-0.2, -0.15) is 5.10 Å². The van der Waals surface area contributed by atoms with E-state index in [2.05, 4.69) is 35.9 Å². The van der Waals surface area contributed by atoms with Crippen molar-refractivity contribution in [1.82, 2.24) is 9.61 Å². The molecule has 2 aromatic heterocycles. The first-order valence-electron chi connectivity index (χ1n) is 10.8. The van der Waals surface area contributed by atoms with Gasteiger partial charge in [0.15, 0.2) is 0 Å². The van der Waals surface area contributed by atoms with E-state index in [0.717, 1.165) is 12.8 Å². The highest BCUT2D eigenvalue weighted by atomic mass is 32.2. The molecular formula is C23H29N5O4S. The molecule has 1 aliphatic rings. The number of methoxy groups -OCH3 is 1. The number of ether oxygens (including phenoxy) is 1. The number of aromatic nitrogens is 2. The second kappa shape index (κ2) is 8.26. The van der Waals surface area contributed by atoms with Gasteiger partial charge in [-0.05, 0) is 54.5 Å². The zero-order valence-electron chi connectivity index (χ0n) is 19.1. The minimum atomic E-state index is -3.83. The van der Waals surface area contributed by atoms with Crippen LogP contribution in [0.4, 0.5) is 11.4 Å². The van der Waals surface area contributed by atoms with Crippen molar-refractivity contribution >= 4 is 32.8 Å². The monoisotopic (exact) mass is 471 g/mol. The van der Waals surface area contributed by atoms with E-state index in [4.69, 9.17) is 10.5 Å². The van der Waals surface area contributed by atoms with Crippen LogP contribution in [0, 0.1) is 11.3 Å². The van der Waals surface area contributed by atoms with Crippen molar-refractivity contribution < 1.29 is 17.9 Å². The summed E-state index contributed by atoms with van der Waals surface area (Å²) in [4.78, 5) is 12.3. The van der Waals surface area contributed by atoms with Crippen LogP contribution in [0.1, 0.15) is 44.0 Å². The van der Waals surface area contributed by atoms with Crippen LogP contribution >= 0.6 is 0 Å². The highest BCUT2D eigenvalue weighted by molar-refractivity contribution is 7.92. The molecule has 0 radical (unpaired) electrons. The molecule has 4 N–H and O–H groups in total. The van der Waals surface area contributed by atoms with Crippen LogP contribution in [-0.2, 0) is 10.0 Å². The van der Waals surface area contributed by atoms with Gasteiger partial charge in [-0.1, -0.05) is 20.8 Å². The standard InChI is InChI=1S/C23H29N5O4S/c1-14-5-10-20(23(14,2)3)26-21-18(22(24)29)12-25-28-13-15(11-19(21)28)27-33(30,31)17-8-6-16(32-4)7-9-17/h6-9,11-14,20,26-27H,5,10H2,1-4H3,(H2,24,29). The Kier molecular flexibility index (Phi) is 5.73. The Bertz CT molecular complexity index is 1300. The van der Waals surface area contributed by atoms with Crippen LogP contribution in [0.2, 0.25) is 0 Å². The quantitative estimate of drug-likeness (QED) is 0.484. The summed E-state index contributed by atoms with van der Waals surface area (Å²) in [5.41, 5.74) is 7.35. The fourth-order valence-electron chi connectivity index (χ4n) is 4.36. The molecule has 2 heterocycles. The highest BCUT2D eigenvalue weighted by Crippen LogP contribution is 2.44. The number of anilines is 2. The van der Waals surface area contributed by atoms with Gasteiger partial charge in [0.05, 0.1) is 46.9 Å². The maximum atomic E-state index is 12.9. The van der Waals surface area contributed by atoms with E-state index < -0.39 is 15.9 Å². The van der Waals surface area contributed by atoms with E-state index in [1.165, 1.54) is 30.0 Å². The lowest BCUT2D eigenvalue weighted by molar-refractivity contribution is 0.100. The Morgan fingerprint density at radius 2 is 1.94 bits per heavy atom. The summed E-state index contributed by atoms with van der Waals surface area (Å²) in [6.45, 7) is 6.64. The molecule has 2 unspecified atom stereocenters. The van der Waals surface area contributed by atoms with Gasteiger partial charge >= 0.3 is 0 Å². The average molecular weight is 472 g/mol. The summed E-state index contributed by atoms with van der Waals surface area (Å²) >= 11 is 0. The predicted octanol–water partition coefficient (Wildman–Crippen LogP) is 3.48. The molecule has 1 aromatic carbocycles. The van der Waals surface area contributed by atoms with E-state index in [1.807, 2.05) is 0 Å². The van der Waals surface area contributed by atoms with Gasteiger partial charge in [0, 0.05) is 6.04 Å². The molecule has 3 aromatic rings. The number of primary amides is 1. The topological polar surface area (TPSA) is 128 Å². The Balaban J connectivity index is 1.71. The van der Waals surface area contributed by atoms with E-state index in [1.54, 1.807) is 24.4 Å². The summed E-state index contributed by atoms with van der Waals surface area (Å²) in [5, 5.41) is 7.78. The van der Waals surface area contributed by atoms with E-state index >= 15 is 0 Å². The lowest BCUT2D eigenvalue weighted by Crippen LogP contribution is -2.35. The number of nitrogens with zero attached hydrogens (tertiary/aromatic N) is 2. The number of nitrogens with two attached hydrogens (primary N) is 1. The van der Waals surface area contributed by atoms with Gasteiger partial charge in [-0.25, -0.2) is 12.9 Å². The molecule has 33 heavy (non-hydrogen) atoms. The molecule has 9 nitrogen and oxygen atoms in total. The van der Waals surface area contributed by atoms with Gasteiger partial charge in [-0.3, -0.25) is 9.52 Å². The lowest BCUT2D eigenvalue weighted by atomic mass is 9.80. The number of rotatable bonds is 7. The van der Waals surface area contributed by atoms with E-state index in [-0.39, 0.29) is 21.9 Å². The van der Waals surface area contributed by atoms with Crippen LogP contribution in [0.25, 0.3) is 5.52 Å². The minimum Gasteiger partial charge on any atom is -0.497 e. The summed E-state index contributed by atoms with van der Waals surface area (Å²) in [7, 11) is -2.32. The van der Waals surface area contributed by atoms with Crippen molar-refractivity contribution in [2.24, 2.45) is 17.1 Å². The number of fused-ring (bicyclic) bond motifs is 1. The maximum absolute atomic E-state index is 12.9. The highest BCUT2D eigenvalue weighted by Gasteiger charge is 2.41. The molecule has 10 heteroatoms. The van der Waals surface area contributed by atoms with Crippen LogP contribution in [0.3, 0.4) is 0 Å². The zero-order valence-corrected chi connectivity index (χ0v) is 19.9. The molecule has 1 amide bonds. The Morgan fingerprint density at radius 3 is 2.52 bits per heavy atom. The van der Waals surface area contributed by atoms with E-state index in [9.17, 15) is 13.2 Å². The third kappa shape index (κ3) is 4.22. The first-order valence-corrected chi connectivity index (χ1v) is 12.3. The molecule has 4 rings (SSSR count).